The predicted molar refractivity (Wildman–Crippen MR) is 87.9 cm³/mol. The van der Waals surface area contributed by atoms with E-state index in [2.05, 4.69) is 0 Å². The van der Waals surface area contributed by atoms with Crippen molar-refractivity contribution in [1.29, 1.82) is 0 Å². The van der Waals surface area contributed by atoms with E-state index in [9.17, 15) is 9.59 Å². The van der Waals surface area contributed by atoms with E-state index < -0.39 is 5.97 Å². The van der Waals surface area contributed by atoms with Gasteiger partial charge in [0.25, 0.3) is 5.91 Å². The van der Waals surface area contributed by atoms with Crippen LogP contribution < -0.4 is 14.4 Å². The number of hydrogen-bond acceptors (Lipinski definition) is 4. The van der Waals surface area contributed by atoms with Gasteiger partial charge in [0.05, 0.1) is 17.8 Å². The van der Waals surface area contributed by atoms with Gasteiger partial charge in [0.15, 0.2) is 6.61 Å². The molecule has 0 aromatic heterocycles. The highest BCUT2D eigenvalue weighted by molar-refractivity contribution is 5.99. The van der Waals surface area contributed by atoms with Crippen molar-refractivity contribution in [2.24, 2.45) is 0 Å². The molecule has 0 unspecified atom stereocenters. The fraction of sp³-hybridized carbons (Fsp3) is 0.222. The molecule has 24 heavy (non-hydrogen) atoms. The van der Waals surface area contributed by atoms with E-state index in [4.69, 9.17) is 14.6 Å². The number of carboxylic acids is 1. The first-order valence-corrected chi connectivity index (χ1v) is 7.54. The van der Waals surface area contributed by atoms with Gasteiger partial charge in [-0.1, -0.05) is 17.7 Å². The normalized spacial score (nSPS) is 13.2. The summed E-state index contributed by atoms with van der Waals surface area (Å²) in [5.74, 6) is -0.0556. The highest BCUT2D eigenvalue weighted by Gasteiger charge is 2.26. The van der Waals surface area contributed by atoms with Crippen molar-refractivity contribution in [1.82, 2.24) is 0 Å². The maximum absolute atomic E-state index is 12.1. The largest absolute Gasteiger partial charge is 0.492 e. The standard InChI is InChI=1S/C18H17NO5/c1-12-2-5-14(6-3-12)23-9-8-19-15-10-13(18(21)22)4-7-16(15)24-11-17(19)20/h2-7,10H,8-9,11H2,1H3,(H,21,22). The molecule has 1 aliphatic heterocycles. The smallest absolute Gasteiger partial charge is 0.335 e. The number of anilines is 1. The fourth-order valence-electron chi connectivity index (χ4n) is 2.47. The fourth-order valence-corrected chi connectivity index (χ4v) is 2.47. The molecule has 0 bridgehead atoms. The molecule has 124 valence electrons. The first kappa shape index (κ1) is 15.9. The number of fused-ring (bicyclic) bond motifs is 1. The van der Waals surface area contributed by atoms with Crippen molar-refractivity contribution in [3.63, 3.8) is 0 Å². The lowest BCUT2D eigenvalue weighted by Crippen LogP contribution is -2.41. The summed E-state index contributed by atoms with van der Waals surface area (Å²) < 4.78 is 11.0. The van der Waals surface area contributed by atoms with Gasteiger partial charge in [0, 0.05) is 0 Å². The van der Waals surface area contributed by atoms with Gasteiger partial charge in [-0.2, -0.15) is 0 Å². The second kappa shape index (κ2) is 6.62. The maximum Gasteiger partial charge on any atom is 0.335 e. The Labute approximate surface area is 139 Å². The average molecular weight is 327 g/mol. The van der Waals surface area contributed by atoms with Gasteiger partial charge in [-0.3, -0.25) is 4.79 Å². The molecule has 2 aromatic rings. The van der Waals surface area contributed by atoms with Crippen LogP contribution in [-0.4, -0.2) is 36.7 Å². The Kier molecular flexibility index (Phi) is 4.37. The second-order valence-corrected chi connectivity index (χ2v) is 5.48. The number of benzene rings is 2. The molecule has 0 atom stereocenters. The molecule has 1 amide bonds. The van der Waals surface area contributed by atoms with Crippen LogP contribution in [0.5, 0.6) is 11.5 Å². The van der Waals surface area contributed by atoms with Crippen LogP contribution in [-0.2, 0) is 4.79 Å². The maximum atomic E-state index is 12.1. The van der Waals surface area contributed by atoms with Gasteiger partial charge >= 0.3 is 5.97 Å². The Morgan fingerprint density at radius 1 is 1.25 bits per heavy atom. The minimum Gasteiger partial charge on any atom is -0.492 e. The van der Waals surface area contributed by atoms with Crippen molar-refractivity contribution >= 4 is 17.6 Å². The van der Waals surface area contributed by atoms with Gasteiger partial charge < -0.3 is 19.5 Å². The summed E-state index contributed by atoms with van der Waals surface area (Å²) in [6.45, 7) is 2.54. The third kappa shape index (κ3) is 3.32. The summed E-state index contributed by atoms with van der Waals surface area (Å²) >= 11 is 0. The van der Waals surface area contributed by atoms with E-state index in [1.54, 1.807) is 6.07 Å². The van der Waals surface area contributed by atoms with Gasteiger partial charge in [0.1, 0.15) is 18.1 Å². The number of carbonyl (C=O) groups excluding carboxylic acids is 1. The van der Waals surface area contributed by atoms with Crippen molar-refractivity contribution in [3.05, 3.63) is 53.6 Å². The second-order valence-electron chi connectivity index (χ2n) is 5.48. The predicted octanol–water partition coefficient (Wildman–Crippen LogP) is 2.50. The van der Waals surface area contributed by atoms with Crippen LogP contribution in [0.25, 0.3) is 0 Å². The summed E-state index contributed by atoms with van der Waals surface area (Å²) in [6.07, 6.45) is 0. The molecule has 0 spiro atoms. The van der Waals surface area contributed by atoms with E-state index in [0.29, 0.717) is 24.6 Å². The lowest BCUT2D eigenvalue weighted by atomic mass is 10.1. The molecule has 1 aliphatic rings. The van der Waals surface area contributed by atoms with Crippen LogP contribution >= 0.6 is 0 Å². The van der Waals surface area contributed by atoms with Crippen molar-refractivity contribution < 1.29 is 24.2 Å². The topological polar surface area (TPSA) is 76.1 Å². The quantitative estimate of drug-likeness (QED) is 0.913. The first-order valence-electron chi connectivity index (χ1n) is 7.54. The number of ether oxygens (including phenoxy) is 2. The molecule has 6 heteroatoms. The van der Waals surface area contributed by atoms with Crippen LogP contribution in [0.15, 0.2) is 42.5 Å². The average Bonchev–Trinajstić information content (AvgIpc) is 2.58. The Morgan fingerprint density at radius 2 is 2.00 bits per heavy atom. The molecule has 1 N–H and O–H groups in total. The Balaban J connectivity index is 1.73. The van der Waals surface area contributed by atoms with Gasteiger partial charge in [-0.05, 0) is 37.3 Å². The van der Waals surface area contributed by atoms with Crippen LogP contribution in [0.2, 0.25) is 0 Å². The summed E-state index contributed by atoms with van der Waals surface area (Å²) in [4.78, 5) is 24.8. The Hall–Kier alpha value is -3.02. The van der Waals surface area contributed by atoms with Gasteiger partial charge in [-0.15, -0.1) is 0 Å². The zero-order valence-electron chi connectivity index (χ0n) is 13.2. The first-order chi connectivity index (χ1) is 11.5. The zero-order valence-corrected chi connectivity index (χ0v) is 13.2. The van der Waals surface area contributed by atoms with Crippen molar-refractivity contribution in [2.45, 2.75) is 6.92 Å². The number of carboxylic acid groups (broad SMARTS) is 1. The summed E-state index contributed by atoms with van der Waals surface area (Å²) in [6, 6.07) is 12.1. The van der Waals surface area contributed by atoms with Crippen molar-refractivity contribution in [2.75, 3.05) is 24.7 Å². The van der Waals surface area contributed by atoms with E-state index >= 15 is 0 Å². The number of hydrogen-bond donors (Lipinski definition) is 1. The molecular formula is C18H17NO5. The number of nitrogens with zero attached hydrogens (tertiary/aromatic N) is 1. The molecule has 0 aliphatic carbocycles. The summed E-state index contributed by atoms with van der Waals surface area (Å²) in [5, 5.41) is 9.12. The summed E-state index contributed by atoms with van der Waals surface area (Å²) in [5.41, 5.74) is 1.70. The highest BCUT2D eigenvalue weighted by atomic mass is 16.5. The van der Waals surface area contributed by atoms with Gasteiger partial charge in [-0.25, -0.2) is 4.79 Å². The third-order valence-electron chi connectivity index (χ3n) is 3.75. The molecule has 0 saturated carbocycles. The number of carbonyl (C=O) groups is 2. The van der Waals surface area contributed by atoms with Crippen LogP contribution in [0.1, 0.15) is 15.9 Å². The van der Waals surface area contributed by atoms with E-state index in [1.165, 1.54) is 17.0 Å². The highest BCUT2D eigenvalue weighted by Crippen LogP contribution is 2.32. The molecule has 0 fully saturated rings. The minimum atomic E-state index is -1.05. The molecule has 0 saturated heterocycles. The molecule has 2 aromatic carbocycles. The van der Waals surface area contributed by atoms with Crippen LogP contribution in [0.3, 0.4) is 0 Å². The van der Waals surface area contributed by atoms with E-state index in [1.807, 2.05) is 31.2 Å². The number of amides is 1. The number of rotatable bonds is 5. The van der Waals surface area contributed by atoms with E-state index in [-0.39, 0.29) is 18.1 Å². The minimum absolute atomic E-state index is 0.0655. The lowest BCUT2D eigenvalue weighted by molar-refractivity contribution is -0.121. The lowest BCUT2D eigenvalue weighted by Gasteiger charge is -2.29. The Morgan fingerprint density at radius 3 is 2.71 bits per heavy atom. The van der Waals surface area contributed by atoms with Crippen LogP contribution in [0, 0.1) is 6.92 Å². The van der Waals surface area contributed by atoms with Crippen molar-refractivity contribution in [3.8, 4) is 11.5 Å². The monoisotopic (exact) mass is 327 g/mol. The van der Waals surface area contributed by atoms with Crippen LogP contribution in [0.4, 0.5) is 5.69 Å². The molecule has 6 nitrogen and oxygen atoms in total. The molecular weight excluding hydrogens is 310 g/mol. The SMILES string of the molecule is Cc1ccc(OCCN2C(=O)COc3ccc(C(=O)O)cc32)cc1. The zero-order chi connectivity index (χ0) is 17.1. The molecule has 1 heterocycles. The van der Waals surface area contributed by atoms with E-state index in [0.717, 1.165) is 11.3 Å². The van der Waals surface area contributed by atoms with Gasteiger partial charge in [0.2, 0.25) is 0 Å². The molecule has 3 rings (SSSR count). The number of aromatic carboxylic acids is 1. The summed E-state index contributed by atoms with van der Waals surface area (Å²) in [7, 11) is 0. The third-order valence-corrected chi connectivity index (χ3v) is 3.75. The number of aryl methyl sites for hydroxylation is 1. The molecule has 0 radical (unpaired) electrons. The Bertz CT molecular complexity index is 769.